The van der Waals surface area contributed by atoms with Crippen molar-refractivity contribution >= 4 is 5.82 Å². The summed E-state index contributed by atoms with van der Waals surface area (Å²) in [5, 5.41) is 7.53. The van der Waals surface area contributed by atoms with Gasteiger partial charge in [0.2, 0.25) is 0 Å². The second-order valence-corrected chi connectivity index (χ2v) is 3.67. The molecule has 0 bridgehead atoms. The lowest BCUT2D eigenvalue weighted by Crippen LogP contribution is -2.01. The highest BCUT2D eigenvalue weighted by Crippen LogP contribution is 2.12. The zero-order valence-electron chi connectivity index (χ0n) is 9.24. The quantitative estimate of drug-likeness (QED) is 0.835. The van der Waals surface area contributed by atoms with E-state index in [2.05, 4.69) is 10.4 Å². The number of anilines is 1. The number of nitrogens with one attached hydrogen (secondary N) is 1. The number of hydrogen-bond donors (Lipinski definition) is 1. The van der Waals surface area contributed by atoms with Gasteiger partial charge in [0.15, 0.2) is 0 Å². The molecule has 2 rings (SSSR count). The van der Waals surface area contributed by atoms with Crippen LogP contribution < -0.4 is 5.32 Å². The van der Waals surface area contributed by atoms with Gasteiger partial charge in [-0.25, -0.2) is 0 Å². The summed E-state index contributed by atoms with van der Waals surface area (Å²) in [5.41, 5.74) is 2.30. The molecule has 2 aromatic heterocycles. The van der Waals surface area contributed by atoms with Gasteiger partial charge in [0, 0.05) is 18.8 Å². The fourth-order valence-electron chi connectivity index (χ4n) is 1.40. The molecule has 80 valence electrons. The molecule has 4 heteroatoms. The number of aryl methyl sites for hydroxylation is 3. The van der Waals surface area contributed by atoms with Crippen LogP contribution in [0.3, 0.4) is 0 Å². The second-order valence-electron chi connectivity index (χ2n) is 3.67. The van der Waals surface area contributed by atoms with Crippen LogP contribution in [0.1, 0.15) is 17.0 Å². The van der Waals surface area contributed by atoms with Crippen LogP contribution in [-0.4, -0.2) is 9.78 Å². The van der Waals surface area contributed by atoms with E-state index in [9.17, 15) is 0 Å². The summed E-state index contributed by atoms with van der Waals surface area (Å²) in [4.78, 5) is 0. The molecule has 0 amide bonds. The zero-order chi connectivity index (χ0) is 10.8. The van der Waals surface area contributed by atoms with Crippen LogP contribution in [0.4, 0.5) is 5.82 Å². The molecule has 0 atom stereocenters. The first-order chi connectivity index (χ1) is 7.16. The Kier molecular flexibility index (Phi) is 2.49. The van der Waals surface area contributed by atoms with Gasteiger partial charge in [0.05, 0.1) is 12.8 Å². The number of nitrogens with zero attached hydrogens (tertiary/aromatic N) is 2. The Balaban J connectivity index is 2.02. The average molecular weight is 205 g/mol. The van der Waals surface area contributed by atoms with Crippen LogP contribution in [0.25, 0.3) is 0 Å². The maximum Gasteiger partial charge on any atom is 0.148 e. The van der Waals surface area contributed by atoms with Crippen LogP contribution in [0.15, 0.2) is 22.8 Å². The maximum absolute atomic E-state index is 5.33. The molecule has 0 spiro atoms. The average Bonchev–Trinajstić information content (AvgIpc) is 2.72. The minimum Gasteiger partial charge on any atom is -0.467 e. The molecule has 0 fully saturated rings. The molecular weight excluding hydrogens is 190 g/mol. The predicted octanol–water partition coefficient (Wildman–Crippen LogP) is 2.24. The Morgan fingerprint density at radius 1 is 1.47 bits per heavy atom. The molecule has 0 aliphatic carbocycles. The molecule has 0 saturated heterocycles. The minimum absolute atomic E-state index is 0.676. The van der Waals surface area contributed by atoms with Gasteiger partial charge < -0.3 is 9.73 Å². The van der Waals surface area contributed by atoms with E-state index in [4.69, 9.17) is 4.42 Å². The van der Waals surface area contributed by atoms with Crippen LogP contribution in [0, 0.1) is 13.8 Å². The molecule has 15 heavy (non-hydrogen) atoms. The van der Waals surface area contributed by atoms with Crippen molar-refractivity contribution in [1.82, 2.24) is 9.78 Å². The van der Waals surface area contributed by atoms with E-state index < -0.39 is 0 Å². The summed E-state index contributed by atoms with van der Waals surface area (Å²) in [6, 6.07) is 3.97. The van der Waals surface area contributed by atoms with Crippen LogP contribution >= 0.6 is 0 Å². The van der Waals surface area contributed by atoms with E-state index in [-0.39, 0.29) is 0 Å². The standard InChI is InChI=1S/C11H15N3O/c1-8-4-5-15-10(8)7-12-11-6-9(2)14(3)13-11/h4-6H,7H2,1-3H3,(H,12,13). The molecule has 1 N–H and O–H groups in total. The van der Waals surface area contributed by atoms with E-state index in [0.29, 0.717) is 6.54 Å². The Labute approximate surface area is 88.9 Å². The predicted molar refractivity (Wildman–Crippen MR) is 58.7 cm³/mol. The monoisotopic (exact) mass is 205 g/mol. The fourth-order valence-corrected chi connectivity index (χ4v) is 1.40. The van der Waals surface area contributed by atoms with Gasteiger partial charge in [-0.05, 0) is 25.5 Å². The van der Waals surface area contributed by atoms with E-state index >= 15 is 0 Å². The molecule has 2 aromatic rings. The van der Waals surface area contributed by atoms with Gasteiger partial charge in [-0.2, -0.15) is 5.10 Å². The van der Waals surface area contributed by atoms with Crippen molar-refractivity contribution in [2.45, 2.75) is 20.4 Å². The highest BCUT2D eigenvalue weighted by atomic mass is 16.3. The molecule has 0 saturated carbocycles. The van der Waals surface area contributed by atoms with E-state index in [1.807, 2.05) is 37.7 Å². The van der Waals surface area contributed by atoms with Gasteiger partial charge in [0.25, 0.3) is 0 Å². The smallest absolute Gasteiger partial charge is 0.148 e. The first-order valence-corrected chi connectivity index (χ1v) is 4.94. The fraction of sp³-hybridized carbons (Fsp3) is 0.364. The van der Waals surface area contributed by atoms with Gasteiger partial charge in [0.1, 0.15) is 11.6 Å². The Morgan fingerprint density at radius 2 is 2.27 bits per heavy atom. The number of aromatic nitrogens is 2. The second kappa shape index (κ2) is 3.81. The molecule has 0 unspecified atom stereocenters. The van der Waals surface area contributed by atoms with Crippen molar-refractivity contribution in [1.29, 1.82) is 0 Å². The molecule has 0 aliphatic heterocycles. The van der Waals surface area contributed by atoms with Crippen LogP contribution in [-0.2, 0) is 13.6 Å². The van der Waals surface area contributed by atoms with Crippen molar-refractivity contribution in [3.8, 4) is 0 Å². The maximum atomic E-state index is 5.33. The Hall–Kier alpha value is -1.71. The molecule has 0 aliphatic rings. The molecule has 2 heterocycles. The summed E-state index contributed by atoms with van der Waals surface area (Å²) >= 11 is 0. The highest BCUT2D eigenvalue weighted by molar-refractivity contribution is 5.36. The summed E-state index contributed by atoms with van der Waals surface area (Å²) in [6.07, 6.45) is 1.70. The third kappa shape index (κ3) is 2.03. The lowest BCUT2D eigenvalue weighted by atomic mass is 10.3. The Bertz CT molecular complexity index is 437. The lowest BCUT2D eigenvalue weighted by molar-refractivity contribution is 0.515. The lowest BCUT2D eigenvalue weighted by Gasteiger charge is -2.00. The Morgan fingerprint density at radius 3 is 2.80 bits per heavy atom. The first kappa shape index (κ1) is 9.83. The topological polar surface area (TPSA) is 43.0 Å². The molecule has 4 nitrogen and oxygen atoms in total. The third-order valence-corrected chi connectivity index (χ3v) is 2.51. The minimum atomic E-state index is 0.676. The zero-order valence-corrected chi connectivity index (χ0v) is 9.24. The number of rotatable bonds is 3. The highest BCUT2D eigenvalue weighted by Gasteiger charge is 2.04. The van der Waals surface area contributed by atoms with Gasteiger partial charge in [-0.15, -0.1) is 0 Å². The largest absolute Gasteiger partial charge is 0.467 e. The molecular formula is C11H15N3O. The van der Waals surface area contributed by atoms with E-state index in [1.54, 1.807) is 6.26 Å². The summed E-state index contributed by atoms with van der Waals surface area (Å²) < 4.78 is 7.17. The summed E-state index contributed by atoms with van der Waals surface area (Å²) in [7, 11) is 1.93. The van der Waals surface area contributed by atoms with Crippen molar-refractivity contribution in [3.63, 3.8) is 0 Å². The van der Waals surface area contributed by atoms with E-state index in [1.165, 1.54) is 0 Å². The number of hydrogen-bond acceptors (Lipinski definition) is 3. The van der Waals surface area contributed by atoms with Crippen LogP contribution in [0.5, 0.6) is 0 Å². The first-order valence-electron chi connectivity index (χ1n) is 4.94. The normalized spacial score (nSPS) is 10.6. The van der Waals surface area contributed by atoms with Crippen molar-refractivity contribution in [3.05, 3.63) is 35.4 Å². The van der Waals surface area contributed by atoms with Gasteiger partial charge in [-0.3, -0.25) is 4.68 Å². The summed E-state index contributed by atoms with van der Waals surface area (Å²) in [6.45, 7) is 4.73. The summed E-state index contributed by atoms with van der Waals surface area (Å²) in [5.74, 6) is 1.84. The van der Waals surface area contributed by atoms with Crippen molar-refractivity contribution in [2.75, 3.05) is 5.32 Å². The van der Waals surface area contributed by atoms with Crippen LogP contribution in [0.2, 0.25) is 0 Å². The molecule has 0 radical (unpaired) electrons. The third-order valence-electron chi connectivity index (χ3n) is 2.51. The van der Waals surface area contributed by atoms with Gasteiger partial charge in [-0.1, -0.05) is 0 Å². The van der Waals surface area contributed by atoms with Gasteiger partial charge >= 0.3 is 0 Å². The van der Waals surface area contributed by atoms with Crippen molar-refractivity contribution < 1.29 is 4.42 Å². The molecule has 0 aromatic carbocycles. The van der Waals surface area contributed by atoms with Crippen molar-refractivity contribution in [2.24, 2.45) is 7.05 Å². The SMILES string of the molecule is Cc1ccoc1CNc1cc(C)n(C)n1. The number of furan rings is 1. The van der Waals surface area contributed by atoms with E-state index in [0.717, 1.165) is 22.8 Å².